The van der Waals surface area contributed by atoms with Gasteiger partial charge in [0.25, 0.3) is 0 Å². The summed E-state index contributed by atoms with van der Waals surface area (Å²) in [6.07, 6.45) is 3.97. The summed E-state index contributed by atoms with van der Waals surface area (Å²) in [5.41, 5.74) is 3.71. The van der Waals surface area contributed by atoms with Crippen molar-refractivity contribution in [3.63, 3.8) is 0 Å². The van der Waals surface area contributed by atoms with Crippen LogP contribution in [0.4, 0.5) is 0 Å². The van der Waals surface area contributed by atoms with E-state index >= 15 is 0 Å². The van der Waals surface area contributed by atoms with Crippen LogP contribution in [-0.2, 0) is 4.79 Å². The van der Waals surface area contributed by atoms with Crippen molar-refractivity contribution in [3.05, 3.63) is 79.7 Å². The Morgan fingerprint density at radius 3 is 1.75 bits per heavy atom. The first-order valence-corrected chi connectivity index (χ1v) is 9.25. The summed E-state index contributed by atoms with van der Waals surface area (Å²) in [5, 5.41) is 0. The molecule has 2 nitrogen and oxygen atoms in total. The number of Topliss-reactive ketones (excluding diaryl/α,β-unsaturated/α-hetero) is 1. The van der Waals surface area contributed by atoms with Crippen molar-refractivity contribution < 1.29 is 4.79 Å². The third-order valence-corrected chi connectivity index (χ3v) is 4.83. The van der Waals surface area contributed by atoms with Crippen LogP contribution in [0.2, 0.25) is 0 Å². The van der Waals surface area contributed by atoms with Crippen LogP contribution in [0.15, 0.2) is 68.6 Å². The van der Waals surface area contributed by atoms with Gasteiger partial charge in [0.2, 0.25) is 0 Å². The molecule has 0 bridgehead atoms. The predicted molar refractivity (Wildman–Crippen MR) is 107 cm³/mol. The van der Waals surface area contributed by atoms with Crippen LogP contribution < -0.4 is 0 Å². The quantitative estimate of drug-likeness (QED) is 0.591. The van der Waals surface area contributed by atoms with Crippen LogP contribution in [-0.4, -0.2) is 30.8 Å². The van der Waals surface area contributed by atoms with Crippen LogP contribution >= 0.6 is 31.9 Å². The summed E-state index contributed by atoms with van der Waals surface area (Å²) < 4.78 is 2.02. The number of halogens is 2. The first-order chi connectivity index (χ1) is 11.5. The molecule has 1 heterocycles. The van der Waals surface area contributed by atoms with Gasteiger partial charge in [0, 0.05) is 33.2 Å². The summed E-state index contributed by atoms with van der Waals surface area (Å²) in [7, 11) is 2.04. The van der Waals surface area contributed by atoms with Gasteiger partial charge in [-0.3, -0.25) is 9.69 Å². The van der Waals surface area contributed by atoms with Crippen molar-refractivity contribution in [1.82, 2.24) is 4.90 Å². The normalized spacial score (nSPS) is 19.2. The zero-order valence-electron chi connectivity index (χ0n) is 13.3. The molecule has 0 saturated carbocycles. The van der Waals surface area contributed by atoms with E-state index < -0.39 is 0 Å². The van der Waals surface area contributed by atoms with Crippen LogP contribution in [0.5, 0.6) is 0 Å². The van der Waals surface area contributed by atoms with Gasteiger partial charge in [-0.15, -0.1) is 0 Å². The fourth-order valence-corrected chi connectivity index (χ4v) is 3.64. The number of ketones is 1. The van der Waals surface area contributed by atoms with Crippen molar-refractivity contribution in [2.24, 2.45) is 0 Å². The average Bonchev–Trinajstić information content (AvgIpc) is 2.52. The molecule has 0 unspecified atom stereocenters. The van der Waals surface area contributed by atoms with Crippen molar-refractivity contribution in [2.75, 3.05) is 20.1 Å². The largest absolute Gasteiger partial charge is 0.298 e. The third kappa shape index (κ3) is 4.32. The lowest BCUT2D eigenvalue weighted by Gasteiger charge is -2.26. The minimum atomic E-state index is 0.132. The van der Waals surface area contributed by atoms with E-state index in [0.717, 1.165) is 31.2 Å². The molecule has 1 aliphatic rings. The van der Waals surface area contributed by atoms with Crippen LogP contribution in [0.25, 0.3) is 12.2 Å². The second-order valence-corrected chi connectivity index (χ2v) is 7.78. The molecular weight excluding hydrogens is 430 g/mol. The number of hydrogen-bond donors (Lipinski definition) is 0. The predicted octanol–water partition coefficient (Wildman–Crippen LogP) is 5.19. The molecule has 2 aromatic rings. The lowest BCUT2D eigenvalue weighted by atomic mass is 9.94. The van der Waals surface area contributed by atoms with Gasteiger partial charge in [0.05, 0.1) is 0 Å². The second kappa shape index (κ2) is 7.60. The maximum Gasteiger partial charge on any atom is 0.187 e. The Balaban J connectivity index is 1.94. The van der Waals surface area contributed by atoms with E-state index in [1.807, 2.05) is 67.7 Å². The number of carbonyl (C=O) groups is 1. The van der Waals surface area contributed by atoms with Gasteiger partial charge in [-0.05, 0) is 54.6 Å². The molecule has 0 N–H and O–H groups in total. The monoisotopic (exact) mass is 445 g/mol. The second-order valence-electron chi connectivity index (χ2n) is 5.95. The standard InChI is InChI=1S/C20H17Br2NO/c1-23-12-16(8-14-4-2-6-18(21)10-14)20(24)17(13-23)9-15-5-3-7-19(22)11-15/h2-11H,12-13H2,1H3/b16-8+,17-9+. The van der Waals surface area contributed by atoms with E-state index in [0.29, 0.717) is 13.1 Å². The first kappa shape index (κ1) is 17.3. The van der Waals surface area contributed by atoms with E-state index in [1.165, 1.54) is 0 Å². The molecule has 2 aromatic carbocycles. The SMILES string of the molecule is CN1C/C(=C\c2cccc(Br)c2)C(=O)/C(=C/c2cccc(Br)c2)C1. The minimum absolute atomic E-state index is 0.132. The number of rotatable bonds is 2. The molecule has 0 aromatic heterocycles. The van der Waals surface area contributed by atoms with Gasteiger partial charge in [-0.1, -0.05) is 56.1 Å². The van der Waals surface area contributed by atoms with Crippen molar-refractivity contribution in [2.45, 2.75) is 0 Å². The van der Waals surface area contributed by atoms with Gasteiger partial charge in [-0.2, -0.15) is 0 Å². The molecule has 0 radical (unpaired) electrons. The minimum Gasteiger partial charge on any atom is -0.298 e. The van der Waals surface area contributed by atoms with Gasteiger partial charge in [0.15, 0.2) is 5.78 Å². The fourth-order valence-electron chi connectivity index (χ4n) is 2.80. The fraction of sp³-hybridized carbons (Fsp3) is 0.150. The number of nitrogens with zero attached hydrogens (tertiary/aromatic N) is 1. The van der Waals surface area contributed by atoms with Crippen LogP contribution in [0.1, 0.15) is 11.1 Å². The van der Waals surface area contributed by atoms with E-state index in [-0.39, 0.29) is 5.78 Å². The van der Waals surface area contributed by atoms with Crippen LogP contribution in [0, 0.1) is 0 Å². The maximum atomic E-state index is 12.9. The lowest BCUT2D eigenvalue weighted by molar-refractivity contribution is -0.113. The summed E-state index contributed by atoms with van der Waals surface area (Å²) >= 11 is 6.95. The topological polar surface area (TPSA) is 20.3 Å². The highest BCUT2D eigenvalue weighted by atomic mass is 79.9. The smallest absolute Gasteiger partial charge is 0.187 e. The molecule has 0 amide bonds. The van der Waals surface area contributed by atoms with Crippen molar-refractivity contribution in [1.29, 1.82) is 0 Å². The maximum absolute atomic E-state index is 12.9. The first-order valence-electron chi connectivity index (χ1n) is 7.67. The molecule has 0 atom stereocenters. The Morgan fingerprint density at radius 2 is 1.33 bits per heavy atom. The lowest BCUT2D eigenvalue weighted by Crippen LogP contribution is -2.34. The highest BCUT2D eigenvalue weighted by Crippen LogP contribution is 2.23. The Labute approximate surface area is 159 Å². The van der Waals surface area contributed by atoms with Gasteiger partial charge in [-0.25, -0.2) is 0 Å². The van der Waals surface area contributed by atoms with E-state index in [1.54, 1.807) is 0 Å². The van der Waals surface area contributed by atoms with Crippen molar-refractivity contribution >= 4 is 49.8 Å². The number of likely N-dealkylation sites (tertiary alicyclic amines) is 1. The molecule has 122 valence electrons. The molecule has 0 aliphatic carbocycles. The zero-order chi connectivity index (χ0) is 17.1. The Morgan fingerprint density at radius 1 is 0.875 bits per heavy atom. The molecule has 3 rings (SSSR count). The summed E-state index contributed by atoms with van der Waals surface area (Å²) in [6, 6.07) is 16.0. The Kier molecular flexibility index (Phi) is 5.49. The Hall–Kier alpha value is -1.49. The molecule has 4 heteroatoms. The molecule has 0 spiro atoms. The molecule has 24 heavy (non-hydrogen) atoms. The van der Waals surface area contributed by atoms with E-state index in [4.69, 9.17) is 0 Å². The number of benzene rings is 2. The third-order valence-electron chi connectivity index (χ3n) is 3.84. The molecular formula is C20H17Br2NO. The Bertz CT molecular complexity index is 772. The van der Waals surface area contributed by atoms with E-state index in [9.17, 15) is 4.79 Å². The summed E-state index contributed by atoms with van der Waals surface area (Å²) in [5.74, 6) is 0.132. The number of hydrogen-bond acceptors (Lipinski definition) is 2. The number of likely N-dealkylation sites (N-methyl/N-ethyl adjacent to an activating group) is 1. The number of carbonyl (C=O) groups excluding carboxylic acids is 1. The molecule has 1 aliphatic heterocycles. The van der Waals surface area contributed by atoms with E-state index in [2.05, 4.69) is 36.8 Å². The van der Waals surface area contributed by atoms with Gasteiger partial charge in [0.1, 0.15) is 0 Å². The van der Waals surface area contributed by atoms with Crippen LogP contribution in [0.3, 0.4) is 0 Å². The average molecular weight is 447 g/mol. The zero-order valence-corrected chi connectivity index (χ0v) is 16.5. The summed E-state index contributed by atoms with van der Waals surface area (Å²) in [6.45, 7) is 1.34. The number of piperidine rings is 1. The highest BCUT2D eigenvalue weighted by Gasteiger charge is 2.23. The van der Waals surface area contributed by atoms with Crippen molar-refractivity contribution in [3.8, 4) is 0 Å². The molecule has 1 fully saturated rings. The molecule has 1 saturated heterocycles. The highest BCUT2D eigenvalue weighted by molar-refractivity contribution is 9.10. The van der Waals surface area contributed by atoms with Gasteiger partial charge >= 0.3 is 0 Å². The summed E-state index contributed by atoms with van der Waals surface area (Å²) in [4.78, 5) is 15.0. The van der Waals surface area contributed by atoms with Gasteiger partial charge < -0.3 is 0 Å².